The quantitative estimate of drug-likeness (QED) is 0.467. The van der Waals surface area contributed by atoms with Crippen molar-refractivity contribution >= 4 is 40.6 Å². The van der Waals surface area contributed by atoms with E-state index in [-0.39, 0.29) is 22.9 Å². The molecule has 26 heavy (non-hydrogen) atoms. The molecule has 0 unspecified atom stereocenters. The summed E-state index contributed by atoms with van der Waals surface area (Å²) in [7, 11) is 3.67. The number of nitro benzene ring substituents is 1. The number of amides is 2. The van der Waals surface area contributed by atoms with Crippen molar-refractivity contribution in [3.63, 3.8) is 0 Å². The van der Waals surface area contributed by atoms with E-state index < -0.39 is 16.7 Å². The van der Waals surface area contributed by atoms with Crippen molar-refractivity contribution in [2.45, 2.75) is 6.54 Å². The van der Waals surface area contributed by atoms with Gasteiger partial charge in [-0.1, -0.05) is 11.6 Å². The third kappa shape index (κ3) is 4.90. The molecule has 2 amide bonds. The van der Waals surface area contributed by atoms with Crippen LogP contribution in [0.4, 0.5) is 17.2 Å². The second-order valence-electron chi connectivity index (χ2n) is 5.48. The van der Waals surface area contributed by atoms with Crippen LogP contribution in [0.2, 0.25) is 5.02 Å². The Morgan fingerprint density at radius 1 is 1.23 bits per heavy atom. The van der Waals surface area contributed by atoms with Crippen LogP contribution in [0.5, 0.6) is 0 Å². The van der Waals surface area contributed by atoms with Gasteiger partial charge in [0, 0.05) is 38.6 Å². The maximum atomic E-state index is 11.9. The summed E-state index contributed by atoms with van der Waals surface area (Å²) < 4.78 is 0. The molecule has 2 rings (SSSR count). The van der Waals surface area contributed by atoms with Gasteiger partial charge in [-0.2, -0.15) is 0 Å². The Kier molecular flexibility index (Phi) is 6.07. The van der Waals surface area contributed by atoms with Gasteiger partial charge >= 0.3 is 11.8 Å². The molecular weight excluding hydrogens is 362 g/mol. The van der Waals surface area contributed by atoms with E-state index in [9.17, 15) is 19.7 Å². The summed E-state index contributed by atoms with van der Waals surface area (Å²) in [6.07, 6.45) is 1.60. The smallest absolute Gasteiger partial charge is 0.313 e. The number of aromatic nitrogens is 1. The van der Waals surface area contributed by atoms with Crippen molar-refractivity contribution in [1.29, 1.82) is 0 Å². The number of carbonyl (C=O) groups is 2. The lowest BCUT2D eigenvalue weighted by atomic mass is 10.2. The van der Waals surface area contributed by atoms with Crippen molar-refractivity contribution in [2.24, 2.45) is 0 Å². The Bertz CT molecular complexity index is 856. The van der Waals surface area contributed by atoms with E-state index in [0.717, 1.165) is 17.4 Å². The molecule has 0 aliphatic carbocycles. The van der Waals surface area contributed by atoms with Crippen LogP contribution in [0.3, 0.4) is 0 Å². The van der Waals surface area contributed by atoms with E-state index in [2.05, 4.69) is 15.6 Å². The molecule has 1 heterocycles. The lowest BCUT2D eigenvalue weighted by molar-refractivity contribution is -0.384. The second-order valence-corrected chi connectivity index (χ2v) is 5.88. The molecule has 0 saturated heterocycles. The number of halogens is 1. The lowest BCUT2D eigenvalue weighted by Crippen LogP contribution is -2.35. The normalized spacial score (nSPS) is 10.1. The van der Waals surface area contributed by atoms with E-state index in [1.165, 1.54) is 12.1 Å². The number of rotatable bonds is 5. The molecule has 2 N–H and O–H groups in total. The van der Waals surface area contributed by atoms with Gasteiger partial charge < -0.3 is 15.5 Å². The molecule has 0 fully saturated rings. The van der Waals surface area contributed by atoms with Crippen LogP contribution in [0.15, 0.2) is 36.5 Å². The first-order valence-electron chi connectivity index (χ1n) is 7.43. The monoisotopic (exact) mass is 377 g/mol. The third-order valence-electron chi connectivity index (χ3n) is 3.33. The Hall–Kier alpha value is -3.20. The number of nitrogens with one attached hydrogen (secondary N) is 2. The average molecular weight is 378 g/mol. The number of hydrogen-bond donors (Lipinski definition) is 2. The Morgan fingerprint density at radius 3 is 2.62 bits per heavy atom. The number of carbonyl (C=O) groups excluding carboxylic acids is 2. The topological polar surface area (TPSA) is 117 Å². The van der Waals surface area contributed by atoms with Crippen molar-refractivity contribution in [2.75, 3.05) is 24.3 Å². The number of anilines is 2. The van der Waals surface area contributed by atoms with E-state index >= 15 is 0 Å². The first kappa shape index (κ1) is 19.1. The highest BCUT2D eigenvalue weighted by Gasteiger charge is 2.17. The summed E-state index contributed by atoms with van der Waals surface area (Å²) in [6, 6.07) is 7.22. The van der Waals surface area contributed by atoms with Crippen LogP contribution in [-0.4, -0.2) is 35.8 Å². The van der Waals surface area contributed by atoms with Crippen LogP contribution < -0.4 is 15.5 Å². The van der Waals surface area contributed by atoms with Crippen molar-refractivity contribution < 1.29 is 14.5 Å². The molecule has 1 aromatic heterocycles. The van der Waals surface area contributed by atoms with Crippen molar-refractivity contribution in [1.82, 2.24) is 10.3 Å². The van der Waals surface area contributed by atoms with Gasteiger partial charge in [-0.05, 0) is 29.8 Å². The number of nitro groups is 1. The summed E-state index contributed by atoms with van der Waals surface area (Å²) in [4.78, 5) is 40.0. The average Bonchev–Trinajstić information content (AvgIpc) is 2.61. The van der Waals surface area contributed by atoms with Crippen molar-refractivity contribution in [3.05, 3.63) is 57.2 Å². The molecule has 10 heteroatoms. The zero-order valence-electron chi connectivity index (χ0n) is 14.0. The molecule has 0 spiro atoms. The van der Waals surface area contributed by atoms with Crippen LogP contribution in [-0.2, 0) is 16.1 Å². The first-order valence-corrected chi connectivity index (χ1v) is 7.81. The Labute approximate surface area is 154 Å². The van der Waals surface area contributed by atoms with Gasteiger partial charge in [-0.25, -0.2) is 4.98 Å². The van der Waals surface area contributed by atoms with Gasteiger partial charge in [0.1, 0.15) is 10.8 Å². The number of pyridine rings is 1. The van der Waals surface area contributed by atoms with Crippen molar-refractivity contribution in [3.8, 4) is 0 Å². The largest absolute Gasteiger partial charge is 0.363 e. The van der Waals surface area contributed by atoms with Gasteiger partial charge in [-0.3, -0.25) is 19.7 Å². The minimum Gasteiger partial charge on any atom is -0.363 e. The van der Waals surface area contributed by atoms with Gasteiger partial charge in [0.2, 0.25) is 0 Å². The summed E-state index contributed by atoms with van der Waals surface area (Å²) in [5.41, 5.74) is 0.505. The molecule has 136 valence electrons. The standard InChI is InChI=1S/C16H16ClN5O4/c1-21(2)14-7-10(5-6-18-14)9-19-15(23)16(24)20-11-3-4-12(17)13(8-11)22(25)26/h3-8H,9H2,1-2H3,(H,19,23)(H,20,24). The Balaban J connectivity index is 1.98. The fraction of sp³-hybridized carbons (Fsp3) is 0.188. The molecule has 0 aliphatic rings. The van der Waals surface area contributed by atoms with Crippen LogP contribution in [0.25, 0.3) is 0 Å². The fourth-order valence-electron chi connectivity index (χ4n) is 2.00. The number of nitrogens with zero attached hydrogens (tertiary/aromatic N) is 3. The molecule has 0 bridgehead atoms. The lowest BCUT2D eigenvalue weighted by Gasteiger charge is -2.12. The van der Waals surface area contributed by atoms with E-state index in [4.69, 9.17) is 11.6 Å². The predicted octanol–water partition coefficient (Wildman–Crippen LogP) is 1.96. The summed E-state index contributed by atoms with van der Waals surface area (Å²) in [5, 5.41) is 15.6. The van der Waals surface area contributed by atoms with Crippen LogP contribution in [0.1, 0.15) is 5.56 Å². The highest BCUT2D eigenvalue weighted by Crippen LogP contribution is 2.27. The number of benzene rings is 1. The third-order valence-corrected chi connectivity index (χ3v) is 3.65. The molecule has 0 aliphatic heterocycles. The molecule has 2 aromatic rings. The zero-order chi connectivity index (χ0) is 19.3. The first-order chi connectivity index (χ1) is 12.3. The van der Waals surface area contributed by atoms with Crippen LogP contribution in [0, 0.1) is 10.1 Å². The van der Waals surface area contributed by atoms with Gasteiger partial charge in [-0.15, -0.1) is 0 Å². The SMILES string of the molecule is CN(C)c1cc(CNC(=O)C(=O)Nc2ccc(Cl)c([N+](=O)[O-])c2)ccn1. The van der Waals surface area contributed by atoms with E-state index in [0.29, 0.717) is 0 Å². The maximum Gasteiger partial charge on any atom is 0.313 e. The van der Waals surface area contributed by atoms with Gasteiger partial charge in [0.15, 0.2) is 0 Å². The molecule has 0 atom stereocenters. The highest BCUT2D eigenvalue weighted by molar-refractivity contribution is 6.39. The minimum absolute atomic E-state index is 0.0631. The molecule has 0 saturated carbocycles. The molecule has 0 radical (unpaired) electrons. The fourth-order valence-corrected chi connectivity index (χ4v) is 2.18. The second kappa shape index (κ2) is 8.26. The predicted molar refractivity (Wildman–Crippen MR) is 97.1 cm³/mol. The highest BCUT2D eigenvalue weighted by atomic mass is 35.5. The molecule has 9 nitrogen and oxygen atoms in total. The summed E-state index contributed by atoms with van der Waals surface area (Å²) in [6.45, 7) is 0.135. The molecular formula is C16H16ClN5O4. The van der Waals surface area contributed by atoms with Gasteiger partial charge in [0.25, 0.3) is 5.69 Å². The van der Waals surface area contributed by atoms with E-state index in [1.54, 1.807) is 18.3 Å². The zero-order valence-corrected chi connectivity index (χ0v) is 14.8. The van der Waals surface area contributed by atoms with Gasteiger partial charge in [0.05, 0.1) is 4.92 Å². The summed E-state index contributed by atoms with van der Waals surface area (Å²) in [5.74, 6) is -1.09. The number of hydrogen-bond acceptors (Lipinski definition) is 6. The summed E-state index contributed by atoms with van der Waals surface area (Å²) >= 11 is 5.70. The van der Waals surface area contributed by atoms with Crippen LogP contribution >= 0.6 is 11.6 Å². The minimum atomic E-state index is -0.941. The molecule has 1 aromatic carbocycles. The Morgan fingerprint density at radius 2 is 1.96 bits per heavy atom. The van der Waals surface area contributed by atoms with E-state index in [1.807, 2.05) is 19.0 Å². The maximum absolute atomic E-state index is 11.9.